The van der Waals surface area contributed by atoms with E-state index >= 15 is 0 Å². The van der Waals surface area contributed by atoms with Crippen molar-refractivity contribution in [3.05, 3.63) is 11.3 Å². The highest BCUT2D eigenvalue weighted by Crippen LogP contribution is 2.27. The molecule has 0 aliphatic rings. The van der Waals surface area contributed by atoms with Gasteiger partial charge in [-0.25, -0.2) is 4.68 Å². The molecule has 0 unspecified atom stereocenters. The summed E-state index contributed by atoms with van der Waals surface area (Å²) in [5, 5.41) is 7.96. The number of nitrogens with one attached hydrogen (secondary N) is 1. The van der Waals surface area contributed by atoms with Gasteiger partial charge in [0.05, 0.1) is 24.4 Å². The summed E-state index contributed by atoms with van der Waals surface area (Å²) < 4.78 is 7.25. The Hall–Kier alpha value is -1.56. The van der Waals surface area contributed by atoms with Crippen LogP contribution in [0.1, 0.15) is 51.3 Å². The fourth-order valence-electron chi connectivity index (χ4n) is 2.74. The van der Waals surface area contributed by atoms with Gasteiger partial charge >= 0.3 is 0 Å². The highest BCUT2D eigenvalue weighted by atomic mass is 16.5. The van der Waals surface area contributed by atoms with Gasteiger partial charge in [-0.15, -0.1) is 0 Å². The van der Waals surface area contributed by atoms with Crippen LogP contribution in [0.25, 0.3) is 0 Å². The fourth-order valence-corrected chi connectivity index (χ4v) is 2.74. The Labute approximate surface area is 140 Å². The summed E-state index contributed by atoms with van der Waals surface area (Å²) in [7, 11) is 7.12. The topological polar surface area (TPSA) is 59.4 Å². The molecule has 1 amide bonds. The molecule has 1 aromatic rings. The van der Waals surface area contributed by atoms with Gasteiger partial charge in [0.25, 0.3) is 0 Å². The lowest BCUT2D eigenvalue weighted by molar-refractivity contribution is -0.131. The minimum atomic E-state index is -0.199. The summed E-state index contributed by atoms with van der Waals surface area (Å²) in [6.07, 6.45) is 0.802. The van der Waals surface area contributed by atoms with E-state index in [4.69, 9.17) is 4.74 Å². The number of ether oxygens (including phenoxy) is 1. The molecule has 0 aliphatic heterocycles. The van der Waals surface area contributed by atoms with Crippen LogP contribution >= 0.6 is 0 Å². The first kappa shape index (κ1) is 19.5. The van der Waals surface area contributed by atoms with E-state index < -0.39 is 0 Å². The monoisotopic (exact) mass is 324 g/mol. The van der Waals surface area contributed by atoms with Crippen LogP contribution in [0.4, 0.5) is 0 Å². The third-order valence-corrected chi connectivity index (χ3v) is 3.83. The SMILES string of the molecule is COc1c(CN[C@@H](CC(C)C)C(=O)N(C)C)c(C(C)C)nn1C. The Morgan fingerprint density at radius 1 is 1.30 bits per heavy atom. The number of aryl methyl sites for hydroxylation is 1. The third kappa shape index (κ3) is 4.96. The Bertz CT molecular complexity index is 521. The molecular weight excluding hydrogens is 292 g/mol. The predicted molar refractivity (Wildman–Crippen MR) is 92.6 cm³/mol. The summed E-state index contributed by atoms with van der Waals surface area (Å²) >= 11 is 0. The minimum Gasteiger partial charge on any atom is -0.481 e. The maximum absolute atomic E-state index is 12.4. The lowest BCUT2D eigenvalue weighted by Crippen LogP contribution is -2.44. The van der Waals surface area contributed by atoms with Gasteiger partial charge in [-0.05, 0) is 18.3 Å². The molecule has 6 nitrogen and oxygen atoms in total. The number of aromatic nitrogens is 2. The predicted octanol–water partition coefficient (Wildman–Crippen LogP) is 2.14. The van der Waals surface area contributed by atoms with Crippen molar-refractivity contribution in [1.29, 1.82) is 0 Å². The summed E-state index contributed by atoms with van der Waals surface area (Å²) in [6, 6.07) is -0.199. The van der Waals surface area contributed by atoms with Crippen LogP contribution in [0.3, 0.4) is 0 Å². The molecule has 1 aromatic heterocycles. The van der Waals surface area contributed by atoms with Gasteiger partial charge in [-0.1, -0.05) is 27.7 Å². The summed E-state index contributed by atoms with van der Waals surface area (Å²) in [5.74, 6) is 1.60. The zero-order chi connectivity index (χ0) is 17.7. The van der Waals surface area contributed by atoms with E-state index in [1.54, 1.807) is 30.8 Å². The second-order valence-electron chi connectivity index (χ2n) is 6.95. The van der Waals surface area contributed by atoms with E-state index in [2.05, 4.69) is 38.1 Å². The van der Waals surface area contributed by atoms with Crippen molar-refractivity contribution in [2.75, 3.05) is 21.2 Å². The lowest BCUT2D eigenvalue weighted by atomic mass is 10.0. The summed E-state index contributed by atoms with van der Waals surface area (Å²) in [6.45, 7) is 9.05. The maximum Gasteiger partial charge on any atom is 0.239 e. The van der Waals surface area contributed by atoms with Gasteiger partial charge in [0.2, 0.25) is 11.8 Å². The average Bonchev–Trinajstić information content (AvgIpc) is 2.78. The van der Waals surface area contributed by atoms with E-state index in [0.717, 1.165) is 23.6 Å². The highest BCUT2D eigenvalue weighted by molar-refractivity contribution is 5.81. The second kappa shape index (κ2) is 8.34. The molecule has 0 bridgehead atoms. The van der Waals surface area contributed by atoms with Gasteiger partial charge in [0.1, 0.15) is 0 Å². The Balaban J connectivity index is 2.99. The smallest absolute Gasteiger partial charge is 0.239 e. The van der Waals surface area contributed by atoms with Gasteiger partial charge in [-0.3, -0.25) is 4.79 Å². The van der Waals surface area contributed by atoms with E-state index in [-0.39, 0.29) is 11.9 Å². The van der Waals surface area contributed by atoms with Gasteiger partial charge in [0, 0.05) is 27.7 Å². The molecule has 23 heavy (non-hydrogen) atoms. The van der Waals surface area contributed by atoms with Crippen molar-refractivity contribution in [2.24, 2.45) is 13.0 Å². The van der Waals surface area contributed by atoms with E-state index in [1.165, 1.54) is 0 Å². The van der Waals surface area contributed by atoms with Crippen LogP contribution in [0, 0.1) is 5.92 Å². The van der Waals surface area contributed by atoms with Gasteiger partial charge in [0.15, 0.2) is 0 Å². The van der Waals surface area contributed by atoms with Crippen LogP contribution in [0.2, 0.25) is 0 Å². The molecule has 0 saturated heterocycles. The number of carbonyl (C=O) groups excluding carboxylic acids is 1. The molecule has 0 saturated carbocycles. The van der Waals surface area contributed by atoms with Crippen molar-refractivity contribution in [2.45, 2.75) is 52.6 Å². The van der Waals surface area contributed by atoms with E-state index in [9.17, 15) is 4.79 Å². The van der Waals surface area contributed by atoms with Crippen molar-refractivity contribution < 1.29 is 9.53 Å². The second-order valence-corrected chi connectivity index (χ2v) is 6.95. The number of likely N-dealkylation sites (N-methyl/N-ethyl adjacent to an activating group) is 1. The van der Waals surface area contributed by atoms with Crippen LogP contribution in [-0.4, -0.2) is 47.8 Å². The Morgan fingerprint density at radius 3 is 2.35 bits per heavy atom. The standard InChI is InChI=1S/C17H32N4O2/c1-11(2)9-14(16(22)20(5)6)18-10-13-15(12(3)4)19-21(7)17(13)23-8/h11-12,14,18H,9-10H2,1-8H3/t14-/m0/s1. The molecule has 1 rings (SSSR count). The molecule has 0 aliphatic carbocycles. The molecular formula is C17H32N4O2. The molecule has 132 valence electrons. The number of nitrogens with zero attached hydrogens (tertiary/aromatic N) is 3. The van der Waals surface area contributed by atoms with Crippen molar-refractivity contribution in [3.63, 3.8) is 0 Å². The number of hydrogen-bond donors (Lipinski definition) is 1. The largest absolute Gasteiger partial charge is 0.481 e. The summed E-state index contributed by atoms with van der Waals surface area (Å²) in [5.41, 5.74) is 2.04. The average molecular weight is 324 g/mol. The first-order valence-electron chi connectivity index (χ1n) is 8.23. The zero-order valence-electron chi connectivity index (χ0n) is 15.8. The molecule has 0 fully saturated rings. The van der Waals surface area contributed by atoms with Crippen molar-refractivity contribution >= 4 is 5.91 Å². The minimum absolute atomic E-state index is 0.104. The normalized spacial score (nSPS) is 12.8. The number of hydrogen-bond acceptors (Lipinski definition) is 4. The van der Waals surface area contributed by atoms with E-state index in [1.807, 2.05) is 7.05 Å². The molecule has 1 heterocycles. The fraction of sp³-hybridized carbons (Fsp3) is 0.765. The molecule has 0 spiro atoms. The van der Waals surface area contributed by atoms with E-state index in [0.29, 0.717) is 18.4 Å². The molecule has 0 radical (unpaired) electrons. The Morgan fingerprint density at radius 2 is 1.91 bits per heavy atom. The zero-order valence-corrected chi connectivity index (χ0v) is 15.8. The Kier molecular flexibility index (Phi) is 7.06. The number of carbonyl (C=O) groups is 1. The van der Waals surface area contributed by atoms with Crippen LogP contribution < -0.4 is 10.1 Å². The van der Waals surface area contributed by atoms with Crippen LogP contribution in [0.5, 0.6) is 5.88 Å². The first-order chi connectivity index (χ1) is 10.7. The first-order valence-corrected chi connectivity index (χ1v) is 8.23. The van der Waals surface area contributed by atoms with Crippen molar-refractivity contribution in [1.82, 2.24) is 20.0 Å². The number of methoxy groups -OCH3 is 1. The quantitative estimate of drug-likeness (QED) is 0.796. The number of rotatable bonds is 8. The van der Waals surface area contributed by atoms with Gasteiger partial charge < -0.3 is 15.0 Å². The lowest BCUT2D eigenvalue weighted by Gasteiger charge is -2.23. The maximum atomic E-state index is 12.4. The molecule has 1 atom stereocenters. The highest BCUT2D eigenvalue weighted by Gasteiger charge is 2.24. The summed E-state index contributed by atoms with van der Waals surface area (Å²) in [4.78, 5) is 14.0. The molecule has 0 aromatic carbocycles. The van der Waals surface area contributed by atoms with Crippen LogP contribution in [-0.2, 0) is 18.4 Å². The number of amides is 1. The van der Waals surface area contributed by atoms with Crippen molar-refractivity contribution in [3.8, 4) is 5.88 Å². The van der Waals surface area contributed by atoms with Gasteiger partial charge in [-0.2, -0.15) is 5.10 Å². The molecule has 1 N–H and O–H groups in total. The van der Waals surface area contributed by atoms with Crippen LogP contribution in [0.15, 0.2) is 0 Å². The third-order valence-electron chi connectivity index (χ3n) is 3.83. The molecule has 6 heteroatoms.